The van der Waals surface area contributed by atoms with Gasteiger partial charge in [-0.05, 0) is 24.6 Å². The lowest BCUT2D eigenvalue weighted by molar-refractivity contribution is 0.0697. The molecule has 19 heavy (non-hydrogen) atoms. The van der Waals surface area contributed by atoms with Gasteiger partial charge in [-0.15, -0.1) is 12.6 Å². The highest BCUT2D eigenvalue weighted by Gasteiger charge is 2.11. The molecule has 0 fully saturated rings. The molecule has 1 aromatic heterocycles. The van der Waals surface area contributed by atoms with Crippen molar-refractivity contribution in [3.63, 3.8) is 0 Å². The van der Waals surface area contributed by atoms with E-state index in [-0.39, 0.29) is 10.6 Å². The predicted molar refractivity (Wildman–Crippen MR) is 75.2 cm³/mol. The van der Waals surface area contributed by atoms with E-state index in [1.165, 1.54) is 0 Å². The Labute approximate surface area is 120 Å². The van der Waals surface area contributed by atoms with Gasteiger partial charge in [0, 0.05) is 17.5 Å². The monoisotopic (exact) mass is 294 g/mol. The third-order valence-corrected chi connectivity index (χ3v) is 3.30. The topological polar surface area (TPSA) is 63.1 Å². The zero-order valence-corrected chi connectivity index (χ0v) is 11.7. The second-order valence-corrected chi connectivity index (χ2v) is 4.93. The summed E-state index contributed by atoms with van der Waals surface area (Å²) in [7, 11) is 0. The van der Waals surface area contributed by atoms with E-state index >= 15 is 0 Å². The Kier molecular flexibility index (Phi) is 4.07. The molecule has 2 aromatic rings. The minimum absolute atomic E-state index is 0.0886. The molecule has 0 atom stereocenters. The average molecular weight is 295 g/mol. The number of hydrogen-bond donors (Lipinski definition) is 2. The predicted octanol–water partition coefficient (Wildman–Crippen LogP) is 3.02. The fraction of sp³-hybridized carbons (Fsp3) is 0.154. The van der Waals surface area contributed by atoms with Gasteiger partial charge in [-0.25, -0.2) is 14.8 Å². The molecule has 0 radical (unpaired) electrons. The van der Waals surface area contributed by atoms with Gasteiger partial charge in [0.05, 0.1) is 16.3 Å². The second kappa shape index (κ2) is 5.59. The molecule has 0 aliphatic carbocycles. The van der Waals surface area contributed by atoms with Crippen molar-refractivity contribution in [1.29, 1.82) is 0 Å². The number of halogens is 1. The number of aryl methyl sites for hydroxylation is 1. The van der Waals surface area contributed by atoms with Gasteiger partial charge in [0.15, 0.2) is 0 Å². The summed E-state index contributed by atoms with van der Waals surface area (Å²) in [5.41, 5.74) is 1.66. The summed E-state index contributed by atoms with van der Waals surface area (Å²) < 4.78 is 0. The summed E-state index contributed by atoms with van der Waals surface area (Å²) in [6.07, 6.45) is 2.12. The first kappa shape index (κ1) is 13.8. The van der Waals surface area contributed by atoms with Gasteiger partial charge >= 0.3 is 5.97 Å². The smallest absolute Gasteiger partial charge is 0.337 e. The first-order chi connectivity index (χ1) is 8.97. The highest BCUT2D eigenvalue weighted by atomic mass is 35.5. The van der Waals surface area contributed by atoms with E-state index in [1.54, 1.807) is 31.3 Å². The minimum atomic E-state index is -1.04. The molecule has 2 rings (SSSR count). The normalized spacial score (nSPS) is 10.5. The Morgan fingerprint density at radius 1 is 1.47 bits per heavy atom. The lowest BCUT2D eigenvalue weighted by Crippen LogP contribution is -2.02. The van der Waals surface area contributed by atoms with Crippen LogP contribution in [0.5, 0.6) is 0 Å². The number of carbonyl (C=O) groups is 1. The Morgan fingerprint density at radius 2 is 2.21 bits per heavy atom. The highest BCUT2D eigenvalue weighted by Crippen LogP contribution is 2.21. The van der Waals surface area contributed by atoms with Crippen molar-refractivity contribution in [2.45, 2.75) is 18.2 Å². The summed E-state index contributed by atoms with van der Waals surface area (Å²) in [4.78, 5) is 20.0. The second-order valence-electron chi connectivity index (χ2n) is 4.05. The number of aromatic carboxylic acids is 1. The number of carboxylic acids is 1. The van der Waals surface area contributed by atoms with Crippen molar-refractivity contribution in [3.8, 4) is 0 Å². The summed E-state index contributed by atoms with van der Waals surface area (Å²) >= 11 is 10.1. The van der Waals surface area contributed by atoms with Crippen LogP contribution in [0.3, 0.4) is 0 Å². The van der Waals surface area contributed by atoms with Gasteiger partial charge in [0.25, 0.3) is 0 Å². The summed E-state index contributed by atoms with van der Waals surface area (Å²) in [5, 5.41) is 9.25. The van der Waals surface area contributed by atoms with E-state index in [0.717, 1.165) is 11.3 Å². The van der Waals surface area contributed by atoms with Crippen LogP contribution in [0.15, 0.2) is 29.3 Å². The summed E-state index contributed by atoms with van der Waals surface area (Å²) in [6.45, 7) is 1.79. The van der Waals surface area contributed by atoms with Crippen molar-refractivity contribution in [2.75, 3.05) is 0 Å². The van der Waals surface area contributed by atoms with E-state index in [9.17, 15) is 4.79 Å². The van der Waals surface area contributed by atoms with Crippen LogP contribution in [0.2, 0.25) is 5.02 Å². The van der Waals surface area contributed by atoms with Gasteiger partial charge in [-0.3, -0.25) is 0 Å². The van der Waals surface area contributed by atoms with Crippen LogP contribution < -0.4 is 0 Å². The molecule has 0 saturated heterocycles. The van der Waals surface area contributed by atoms with Crippen LogP contribution in [0.1, 0.15) is 27.4 Å². The van der Waals surface area contributed by atoms with Crippen molar-refractivity contribution in [2.24, 2.45) is 0 Å². The molecular weight excluding hydrogens is 284 g/mol. The third kappa shape index (κ3) is 3.24. The number of benzene rings is 1. The van der Waals surface area contributed by atoms with Crippen molar-refractivity contribution in [1.82, 2.24) is 9.97 Å². The van der Waals surface area contributed by atoms with E-state index in [4.69, 9.17) is 16.7 Å². The quantitative estimate of drug-likeness (QED) is 0.854. The van der Waals surface area contributed by atoms with Crippen molar-refractivity contribution in [3.05, 3.63) is 52.1 Å². The van der Waals surface area contributed by atoms with E-state index < -0.39 is 5.97 Å². The maximum atomic E-state index is 11.0. The molecular formula is C13H11ClN2O2S. The first-order valence-electron chi connectivity index (χ1n) is 5.50. The Hall–Kier alpha value is -1.59. The Morgan fingerprint density at radius 3 is 2.89 bits per heavy atom. The maximum Gasteiger partial charge on any atom is 0.337 e. The Balaban J connectivity index is 2.36. The fourth-order valence-corrected chi connectivity index (χ4v) is 2.07. The number of carboxylic acid groups (broad SMARTS) is 1. The van der Waals surface area contributed by atoms with Gasteiger partial charge in [-0.2, -0.15) is 0 Å². The van der Waals surface area contributed by atoms with Crippen LogP contribution in [0, 0.1) is 6.92 Å². The van der Waals surface area contributed by atoms with Crippen LogP contribution in [-0.4, -0.2) is 21.0 Å². The molecule has 1 N–H and O–H groups in total. The Bertz CT molecular complexity index is 647. The lowest BCUT2D eigenvalue weighted by Gasteiger charge is -2.07. The number of thiol groups is 1. The van der Waals surface area contributed by atoms with Crippen molar-refractivity contribution < 1.29 is 9.90 Å². The van der Waals surface area contributed by atoms with Crippen LogP contribution in [0.4, 0.5) is 0 Å². The molecule has 98 valence electrons. The fourth-order valence-electron chi connectivity index (χ4n) is 1.68. The molecule has 0 amide bonds. The number of hydrogen-bond acceptors (Lipinski definition) is 4. The molecule has 0 bridgehead atoms. The minimum Gasteiger partial charge on any atom is -0.478 e. The van der Waals surface area contributed by atoms with Gasteiger partial charge in [-0.1, -0.05) is 17.7 Å². The van der Waals surface area contributed by atoms with E-state index in [1.807, 2.05) is 0 Å². The zero-order valence-electron chi connectivity index (χ0n) is 10.1. The number of nitrogens with zero attached hydrogens (tertiary/aromatic N) is 2. The van der Waals surface area contributed by atoms with E-state index in [2.05, 4.69) is 22.6 Å². The van der Waals surface area contributed by atoms with Crippen LogP contribution in [-0.2, 0) is 6.42 Å². The molecule has 1 aromatic carbocycles. The molecule has 4 nitrogen and oxygen atoms in total. The molecule has 6 heteroatoms. The van der Waals surface area contributed by atoms with E-state index in [0.29, 0.717) is 17.1 Å². The van der Waals surface area contributed by atoms with Gasteiger partial charge in [0.1, 0.15) is 5.82 Å². The average Bonchev–Trinajstić information content (AvgIpc) is 2.36. The zero-order chi connectivity index (χ0) is 14.0. The highest BCUT2D eigenvalue weighted by molar-refractivity contribution is 7.80. The molecule has 0 saturated carbocycles. The lowest BCUT2D eigenvalue weighted by atomic mass is 10.1. The molecule has 0 unspecified atom stereocenters. The largest absolute Gasteiger partial charge is 0.478 e. The molecule has 0 aliphatic heterocycles. The van der Waals surface area contributed by atoms with Gasteiger partial charge < -0.3 is 5.11 Å². The van der Waals surface area contributed by atoms with Crippen molar-refractivity contribution >= 4 is 30.2 Å². The van der Waals surface area contributed by atoms with Crippen LogP contribution >= 0.6 is 24.2 Å². The standard InChI is InChI=1S/C13H11ClN2O2S/c1-7-15-6-12(19)11(16-7)5-8-2-3-10(14)9(4-8)13(17)18/h2-4,6,19H,5H2,1H3,(H,17,18). The van der Waals surface area contributed by atoms with Gasteiger partial charge in [0.2, 0.25) is 0 Å². The number of rotatable bonds is 3. The summed E-state index contributed by atoms with van der Waals surface area (Å²) in [6, 6.07) is 4.90. The molecule has 1 heterocycles. The summed E-state index contributed by atoms with van der Waals surface area (Å²) in [5.74, 6) is -0.392. The molecule has 0 aliphatic rings. The number of aromatic nitrogens is 2. The van der Waals surface area contributed by atoms with Crippen LogP contribution in [0.25, 0.3) is 0 Å². The first-order valence-corrected chi connectivity index (χ1v) is 6.33. The SMILES string of the molecule is Cc1ncc(S)c(Cc2ccc(Cl)c(C(=O)O)c2)n1. The molecule has 0 spiro atoms. The third-order valence-electron chi connectivity index (χ3n) is 2.60. The maximum absolute atomic E-state index is 11.0.